The zero-order valence-corrected chi connectivity index (χ0v) is 18.3. The van der Waals surface area contributed by atoms with E-state index in [-0.39, 0.29) is 0 Å². The summed E-state index contributed by atoms with van der Waals surface area (Å²) in [5, 5.41) is 10.4. The van der Waals surface area contributed by atoms with Crippen LogP contribution in [0.4, 0.5) is 22.7 Å². The van der Waals surface area contributed by atoms with E-state index in [0.717, 1.165) is 37.3 Å². The molecule has 0 bridgehead atoms. The Balaban J connectivity index is 1.84. The molecule has 0 radical (unpaired) electrons. The topological polar surface area (TPSA) is 37.2 Å². The van der Waals surface area contributed by atoms with E-state index in [1.165, 1.54) is 33.6 Å². The number of hydrogen-bond donors (Lipinski definition) is 0. The molecule has 0 aliphatic carbocycles. The van der Waals surface area contributed by atoms with Crippen molar-refractivity contribution >= 4 is 22.7 Å². The maximum atomic E-state index is 5.19. The zero-order chi connectivity index (χ0) is 20.5. The summed E-state index contributed by atoms with van der Waals surface area (Å²) in [6.45, 7) is 10.5. The summed E-state index contributed by atoms with van der Waals surface area (Å²) in [6, 6.07) is 8.90. The molecule has 3 aliphatic rings. The predicted octanol–water partition coefficient (Wildman–Crippen LogP) is 5.12. The Morgan fingerprint density at radius 3 is 1.55 bits per heavy atom. The molecule has 5 rings (SSSR count). The second-order valence-electron chi connectivity index (χ2n) is 8.77. The van der Waals surface area contributed by atoms with E-state index in [4.69, 9.17) is 10.2 Å². The van der Waals surface area contributed by atoms with E-state index in [1.54, 1.807) is 0 Å². The molecule has 1 spiro atoms. The van der Waals surface area contributed by atoms with Crippen LogP contribution in [0, 0.1) is 27.7 Å². The quantitative estimate of drug-likeness (QED) is 0.586. The molecule has 0 N–H and O–H groups in total. The second-order valence-corrected chi connectivity index (χ2v) is 8.77. The number of aryl methyl sites for hydroxylation is 4. The Hall–Kier alpha value is -2.76. The van der Waals surface area contributed by atoms with Crippen molar-refractivity contribution in [2.24, 2.45) is 10.2 Å². The van der Waals surface area contributed by atoms with Gasteiger partial charge in [-0.2, -0.15) is 0 Å². The van der Waals surface area contributed by atoms with Gasteiger partial charge in [-0.15, -0.1) is 0 Å². The Morgan fingerprint density at radius 1 is 0.724 bits per heavy atom. The van der Waals surface area contributed by atoms with Crippen LogP contribution < -0.4 is 9.80 Å². The fraction of sp³-hybridized carbons (Fsp3) is 0.478. The molecule has 0 saturated carbocycles. The van der Waals surface area contributed by atoms with Crippen molar-refractivity contribution in [2.75, 3.05) is 37.0 Å². The van der Waals surface area contributed by atoms with Gasteiger partial charge in [0.2, 0.25) is 0 Å². The minimum atomic E-state index is -0.573. The largest absolute Gasteiger partial charge is 0.579 e. The van der Waals surface area contributed by atoms with Crippen LogP contribution in [0.5, 0.6) is 0 Å². The molecule has 6 heteroatoms. The molecule has 0 unspecified atom stereocenters. The minimum Gasteiger partial charge on any atom is -0.228 e. The second kappa shape index (κ2) is 6.12. The van der Waals surface area contributed by atoms with Crippen molar-refractivity contribution in [3.05, 3.63) is 46.5 Å². The number of nitrogens with zero attached hydrogens (tertiary/aromatic N) is 6. The van der Waals surface area contributed by atoms with E-state index in [2.05, 4.69) is 85.3 Å². The van der Waals surface area contributed by atoms with E-state index in [0.29, 0.717) is 0 Å². The number of hydrogen-bond acceptors (Lipinski definition) is 4. The first kappa shape index (κ1) is 18.3. The summed E-state index contributed by atoms with van der Waals surface area (Å²) in [4.78, 5) is 4.78. The fourth-order valence-corrected chi connectivity index (χ4v) is 5.57. The van der Waals surface area contributed by atoms with Crippen LogP contribution in [0.2, 0.25) is 0 Å². The molecule has 6 nitrogen and oxygen atoms in total. The lowest BCUT2D eigenvalue weighted by molar-refractivity contribution is -0.870. The van der Waals surface area contributed by atoms with Gasteiger partial charge in [-0.1, -0.05) is 12.1 Å². The molecular weight excluding hydrogens is 360 g/mol. The summed E-state index contributed by atoms with van der Waals surface area (Å²) in [5.74, 6) is -0.573. The van der Waals surface area contributed by atoms with Gasteiger partial charge in [0.25, 0.3) is 0 Å². The SMILES string of the molecule is Cc1cc(C)c2c(c1)N=[N+]1CCCC[N+]3=Nc4cc(C)cc(C)c4N(C)C13N2C. The van der Waals surface area contributed by atoms with E-state index in [9.17, 15) is 0 Å². The van der Waals surface area contributed by atoms with Crippen LogP contribution in [0.15, 0.2) is 34.5 Å². The lowest BCUT2D eigenvalue weighted by atomic mass is 10.0. The Bertz CT molecular complexity index is 1010. The van der Waals surface area contributed by atoms with Crippen LogP contribution in [0.3, 0.4) is 0 Å². The first-order valence-electron chi connectivity index (χ1n) is 10.5. The van der Waals surface area contributed by atoms with Crippen molar-refractivity contribution in [1.29, 1.82) is 0 Å². The molecule has 29 heavy (non-hydrogen) atoms. The van der Waals surface area contributed by atoms with Gasteiger partial charge in [-0.25, -0.2) is 9.80 Å². The third kappa shape index (κ3) is 2.35. The van der Waals surface area contributed by atoms with Crippen molar-refractivity contribution in [3.63, 3.8) is 0 Å². The van der Waals surface area contributed by atoms with Gasteiger partial charge in [-0.3, -0.25) is 0 Å². The summed E-state index contributed by atoms with van der Waals surface area (Å²) in [6.07, 6.45) is 2.21. The number of rotatable bonds is 0. The molecule has 0 aromatic heterocycles. The summed E-state index contributed by atoms with van der Waals surface area (Å²) < 4.78 is 4.51. The zero-order valence-electron chi connectivity index (χ0n) is 18.3. The molecule has 2 aromatic rings. The lowest BCUT2D eigenvalue weighted by Crippen LogP contribution is -2.72. The minimum absolute atomic E-state index is 0.573. The predicted molar refractivity (Wildman–Crippen MR) is 115 cm³/mol. The highest BCUT2D eigenvalue weighted by molar-refractivity contribution is 5.76. The number of anilines is 2. The van der Waals surface area contributed by atoms with Crippen molar-refractivity contribution in [3.8, 4) is 0 Å². The van der Waals surface area contributed by atoms with Gasteiger partial charge < -0.3 is 0 Å². The summed E-state index contributed by atoms with van der Waals surface area (Å²) in [5.41, 5.74) is 9.49. The first-order chi connectivity index (χ1) is 13.8. The van der Waals surface area contributed by atoms with Gasteiger partial charge in [0, 0.05) is 37.2 Å². The average molecular weight is 391 g/mol. The summed E-state index contributed by atoms with van der Waals surface area (Å²) >= 11 is 0. The van der Waals surface area contributed by atoms with Gasteiger partial charge in [-0.05, 0) is 71.5 Å². The Labute approximate surface area is 172 Å². The molecule has 0 amide bonds. The van der Waals surface area contributed by atoms with Crippen LogP contribution in [-0.2, 0) is 0 Å². The molecule has 1 fully saturated rings. The van der Waals surface area contributed by atoms with Gasteiger partial charge in [0.05, 0.1) is 11.4 Å². The molecule has 150 valence electrons. The highest BCUT2D eigenvalue weighted by Crippen LogP contribution is 2.49. The van der Waals surface area contributed by atoms with Gasteiger partial charge >= 0.3 is 5.91 Å². The Morgan fingerprint density at radius 2 is 1.14 bits per heavy atom. The smallest absolute Gasteiger partial charge is 0.228 e. The highest BCUT2D eigenvalue weighted by Gasteiger charge is 2.69. The first-order valence-corrected chi connectivity index (χ1v) is 10.5. The van der Waals surface area contributed by atoms with Crippen LogP contribution in [-0.4, -0.2) is 42.5 Å². The third-order valence-corrected chi connectivity index (χ3v) is 6.56. The highest BCUT2D eigenvalue weighted by atomic mass is 15.7. The normalized spacial score (nSPS) is 19.4. The fourth-order valence-electron chi connectivity index (χ4n) is 5.57. The van der Waals surface area contributed by atoms with Crippen molar-refractivity contribution < 1.29 is 9.39 Å². The van der Waals surface area contributed by atoms with Crippen LogP contribution in [0.25, 0.3) is 0 Å². The standard InChI is InChI=1S/C23H30N6/c1-15-11-17(3)21-19(13-15)24-28-9-7-8-10-29-23(28,26(21)5)27(6)22-18(4)12-16(2)14-20(22)25-29/h11-14H,7-10H2,1-6H3/q+2. The summed E-state index contributed by atoms with van der Waals surface area (Å²) in [7, 11) is 4.39. The molecule has 2 aromatic carbocycles. The lowest BCUT2D eigenvalue weighted by Gasteiger charge is -2.42. The van der Waals surface area contributed by atoms with Crippen LogP contribution >= 0.6 is 0 Å². The van der Waals surface area contributed by atoms with E-state index < -0.39 is 5.91 Å². The number of benzene rings is 2. The monoisotopic (exact) mass is 390 g/mol. The van der Waals surface area contributed by atoms with Crippen molar-refractivity contribution in [2.45, 2.75) is 46.4 Å². The molecule has 3 aliphatic heterocycles. The molecule has 3 heterocycles. The van der Waals surface area contributed by atoms with E-state index in [1.807, 2.05) is 0 Å². The van der Waals surface area contributed by atoms with Gasteiger partial charge in [0.15, 0.2) is 24.5 Å². The Kier molecular flexibility index (Phi) is 3.86. The maximum Gasteiger partial charge on any atom is 0.579 e. The number of azo groups is 4. The third-order valence-electron chi connectivity index (χ3n) is 6.56. The average Bonchev–Trinajstić information content (AvgIpc) is 2.81. The van der Waals surface area contributed by atoms with Gasteiger partial charge in [0.1, 0.15) is 0 Å². The molecule has 0 atom stereocenters. The van der Waals surface area contributed by atoms with Crippen molar-refractivity contribution in [1.82, 2.24) is 0 Å². The van der Waals surface area contributed by atoms with E-state index >= 15 is 0 Å². The molecular formula is C23H30N6+2. The molecule has 1 saturated heterocycles. The van der Waals surface area contributed by atoms with Crippen LogP contribution in [0.1, 0.15) is 35.1 Å². The maximum absolute atomic E-state index is 5.19. The number of fused-ring (bicyclic) bond motifs is 2.